The Balaban J connectivity index is 1.32. The lowest BCUT2D eigenvalue weighted by molar-refractivity contribution is 0.242. The van der Waals surface area contributed by atoms with E-state index in [4.69, 9.17) is 0 Å². The molecule has 3 rings (SSSR count). The number of hydrogen-bond acceptors (Lipinski definition) is 2. The van der Waals surface area contributed by atoms with Gasteiger partial charge in [-0.15, -0.1) is 0 Å². The first-order chi connectivity index (χ1) is 9.92. The van der Waals surface area contributed by atoms with E-state index in [9.17, 15) is 0 Å². The Labute approximate surface area is 123 Å². The van der Waals surface area contributed by atoms with Crippen LogP contribution in [0.15, 0.2) is 30.3 Å². The van der Waals surface area contributed by atoms with Gasteiger partial charge in [0.25, 0.3) is 0 Å². The van der Waals surface area contributed by atoms with Crippen LogP contribution in [0.4, 0.5) is 0 Å². The number of hydrogen-bond donors (Lipinski definition) is 1. The summed E-state index contributed by atoms with van der Waals surface area (Å²) in [6.45, 7) is 3.84. The quantitative estimate of drug-likeness (QED) is 0.731. The third-order valence-electron chi connectivity index (χ3n) is 4.72. The Morgan fingerprint density at radius 3 is 2.70 bits per heavy atom. The molecule has 2 fully saturated rings. The number of nitrogens with one attached hydrogen (secondary N) is 1. The molecule has 0 spiro atoms. The highest BCUT2D eigenvalue weighted by Gasteiger charge is 2.27. The summed E-state index contributed by atoms with van der Waals surface area (Å²) in [7, 11) is 0. The molecule has 1 N–H and O–H groups in total. The van der Waals surface area contributed by atoms with Crippen LogP contribution in [0.3, 0.4) is 0 Å². The molecule has 1 aliphatic heterocycles. The highest BCUT2D eigenvalue weighted by atomic mass is 15.2. The zero-order valence-electron chi connectivity index (χ0n) is 12.6. The first kappa shape index (κ1) is 14.1. The highest BCUT2D eigenvalue weighted by Crippen LogP contribution is 2.21. The standard InChI is InChI=1S/C18H28N2/c1-2-7-16(8-3-1)9-4-5-13-20-14-6-10-18(20)15-19-17-11-12-17/h1-3,7-8,17-19H,4-6,9-15H2. The van der Waals surface area contributed by atoms with E-state index in [1.807, 2.05) is 0 Å². The Morgan fingerprint density at radius 1 is 1.05 bits per heavy atom. The van der Waals surface area contributed by atoms with Crippen molar-refractivity contribution in [3.05, 3.63) is 35.9 Å². The lowest BCUT2D eigenvalue weighted by Crippen LogP contribution is -2.39. The molecular formula is C18H28N2. The van der Waals surface area contributed by atoms with Gasteiger partial charge in [0.1, 0.15) is 0 Å². The maximum absolute atomic E-state index is 3.70. The van der Waals surface area contributed by atoms with Crippen LogP contribution >= 0.6 is 0 Å². The van der Waals surface area contributed by atoms with E-state index < -0.39 is 0 Å². The predicted octanol–water partition coefficient (Wildman–Crippen LogP) is 3.23. The van der Waals surface area contributed by atoms with E-state index in [0.29, 0.717) is 0 Å². The van der Waals surface area contributed by atoms with Gasteiger partial charge in [0.15, 0.2) is 0 Å². The lowest BCUT2D eigenvalue weighted by Gasteiger charge is -2.24. The van der Waals surface area contributed by atoms with Crippen molar-refractivity contribution in [1.82, 2.24) is 10.2 Å². The molecule has 1 unspecified atom stereocenters. The van der Waals surface area contributed by atoms with Gasteiger partial charge in [-0.3, -0.25) is 4.90 Å². The summed E-state index contributed by atoms with van der Waals surface area (Å²) in [5, 5.41) is 3.70. The maximum Gasteiger partial charge on any atom is 0.0221 e. The number of nitrogens with zero attached hydrogens (tertiary/aromatic N) is 1. The molecule has 0 aromatic heterocycles. The Bertz CT molecular complexity index is 386. The topological polar surface area (TPSA) is 15.3 Å². The Morgan fingerprint density at radius 2 is 1.90 bits per heavy atom. The van der Waals surface area contributed by atoms with Gasteiger partial charge in [0.05, 0.1) is 0 Å². The molecule has 1 heterocycles. The molecular weight excluding hydrogens is 244 g/mol. The van der Waals surface area contributed by atoms with Gasteiger partial charge in [0.2, 0.25) is 0 Å². The summed E-state index contributed by atoms with van der Waals surface area (Å²) in [5.74, 6) is 0. The van der Waals surface area contributed by atoms with E-state index in [-0.39, 0.29) is 0 Å². The minimum absolute atomic E-state index is 0.812. The van der Waals surface area contributed by atoms with Gasteiger partial charge in [0, 0.05) is 18.6 Å². The molecule has 20 heavy (non-hydrogen) atoms. The fourth-order valence-corrected chi connectivity index (χ4v) is 3.30. The molecule has 1 saturated heterocycles. The van der Waals surface area contributed by atoms with Crippen LogP contribution in [0.25, 0.3) is 0 Å². The summed E-state index contributed by atoms with van der Waals surface area (Å²) < 4.78 is 0. The Hall–Kier alpha value is -0.860. The second-order valence-corrected chi connectivity index (χ2v) is 6.46. The zero-order chi connectivity index (χ0) is 13.6. The molecule has 2 nitrogen and oxygen atoms in total. The van der Waals surface area contributed by atoms with Gasteiger partial charge in [-0.1, -0.05) is 30.3 Å². The lowest BCUT2D eigenvalue weighted by atomic mass is 10.1. The van der Waals surface area contributed by atoms with Crippen molar-refractivity contribution in [3.8, 4) is 0 Å². The van der Waals surface area contributed by atoms with Crippen LogP contribution in [0, 0.1) is 0 Å². The summed E-state index contributed by atoms with van der Waals surface area (Å²) >= 11 is 0. The Kier molecular flexibility index (Phi) is 5.10. The van der Waals surface area contributed by atoms with Gasteiger partial charge < -0.3 is 5.32 Å². The first-order valence-corrected chi connectivity index (χ1v) is 8.43. The van der Waals surface area contributed by atoms with Gasteiger partial charge in [-0.25, -0.2) is 0 Å². The summed E-state index contributed by atoms with van der Waals surface area (Å²) in [5.41, 5.74) is 1.49. The normalized spacial score (nSPS) is 23.3. The van der Waals surface area contributed by atoms with E-state index >= 15 is 0 Å². The van der Waals surface area contributed by atoms with Crippen LogP contribution < -0.4 is 5.32 Å². The molecule has 110 valence electrons. The highest BCUT2D eigenvalue weighted by molar-refractivity contribution is 5.14. The molecule has 2 heteroatoms. The third kappa shape index (κ3) is 4.32. The van der Waals surface area contributed by atoms with E-state index in [1.54, 1.807) is 0 Å². The molecule has 1 saturated carbocycles. The number of benzene rings is 1. The zero-order valence-corrected chi connectivity index (χ0v) is 12.6. The van der Waals surface area contributed by atoms with Crippen molar-refractivity contribution in [2.24, 2.45) is 0 Å². The molecule has 0 bridgehead atoms. The van der Waals surface area contributed by atoms with Gasteiger partial charge in [-0.2, -0.15) is 0 Å². The second-order valence-electron chi connectivity index (χ2n) is 6.46. The molecule has 1 aromatic rings. The van der Waals surface area contributed by atoms with Crippen LogP contribution in [0.1, 0.15) is 44.1 Å². The van der Waals surface area contributed by atoms with Crippen LogP contribution in [0.5, 0.6) is 0 Å². The SMILES string of the molecule is c1ccc(CCCCN2CCCC2CNC2CC2)cc1. The summed E-state index contributed by atoms with van der Waals surface area (Å²) in [4.78, 5) is 2.72. The minimum atomic E-state index is 0.812. The van der Waals surface area contributed by atoms with Crippen molar-refractivity contribution >= 4 is 0 Å². The first-order valence-electron chi connectivity index (χ1n) is 8.43. The van der Waals surface area contributed by atoms with Crippen molar-refractivity contribution < 1.29 is 0 Å². The fraction of sp³-hybridized carbons (Fsp3) is 0.667. The molecule has 1 aromatic carbocycles. The van der Waals surface area contributed by atoms with Crippen LogP contribution in [0.2, 0.25) is 0 Å². The van der Waals surface area contributed by atoms with Crippen LogP contribution in [-0.2, 0) is 6.42 Å². The third-order valence-corrected chi connectivity index (χ3v) is 4.72. The van der Waals surface area contributed by atoms with Crippen molar-refractivity contribution in [2.45, 2.75) is 57.0 Å². The van der Waals surface area contributed by atoms with Gasteiger partial charge >= 0.3 is 0 Å². The molecule has 0 amide bonds. The largest absolute Gasteiger partial charge is 0.312 e. The van der Waals surface area contributed by atoms with E-state index in [2.05, 4.69) is 40.5 Å². The average Bonchev–Trinajstić information content (AvgIpc) is 3.21. The summed E-state index contributed by atoms with van der Waals surface area (Å²) in [6, 6.07) is 12.6. The predicted molar refractivity (Wildman–Crippen MR) is 85.0 cm³/mol. The fourth-order valence-electron chi connectivity index (χ4n) is 3.30. The number of rotatable bonds is 8. The number of aryl methyl sites for hydroxylation is 1. The molecule has 1 aliphatic carbocycles. The maximum atomic E-state index is 3.70. The van der Waals surface area contributed by atoms with Crippen molar-refractivity contribution in [1.29, 1.82) is 0 Å². The number of unbranched alkanes of at least 4 members (excludes halogenated alkanes) is 1. The molecule has 0 radical (unpaired) electrons. The summed E-state index contributed by atoms with van der Waals surface area (Å²) in [6.07, 6.45) is 9.51. The average molecular weight is 272 g/mol. The number of likely N-dealkylation sites (tertiary alicyclic amines) is 1. The van der Waals surface area contributed by atoms with E-state index in [1.165, 1.54) is 70.1 Å². The molecule has 1 atom stereocenters. The van der Waals surface area contributed by atoms with Crippen LogP contribution in [-0.4, -0.2) is 36.6 Å². The van der Waals surface area contributed by atoms with Gasteiger partial charge in [-0.05, 0) is 63.6 Å². The monoisotopic (exact) mass is 272 g/mol. The van der Waals surface area contributed by atoms with Crippen molar-refractivity contribution in [2.75, 3.05) is 19.6 Å². The smallest absolute Gasteiger partial charge is 0.0221 e. The minimum Gasteiger partial charge on any atom is -0.312 e. The second kappa shape index (κ2) is 7.24. The van der Waals surface area contributed by atoms with E-state index in [0.717, 1.165) is 12.1 Å². The van der Waals surface area contributed by atoms with Crippen molar-refractivity contribution in [3.63, 3.8) is 0 Å². The molecule has 2 aliphatic rings.